The lowest BCUT2D eigenvalue weighted by Crippen LogP contribution is -2.22. The van der Waals surface area contributed by atoms with Crippen LogP contribution in [0.1, 0.15) is 18.4 Å². The summed E-state index contributed by atoms with van der Waals surface area (Å²) in [5, 5.41) is 0.497. The van der Waals surface area contributed by atoms with Gasteiger partial charge < -0.3 is 9.47 Å². The molecule has 0 saturated heterocycles. The second-order valence-corrected chi connectivity index (χ2v) is 7.99. The fourth-order valence-corrected chi connectivity index (χ4v) is 4.05. The molecule has 28 heavy (non-hydrogen) atoms. The number of nitrogens with one attached hydrogen (secondary N) is 1. The Balaban J connectivity index is 1.38. The molecule has 1 N–H and O–H groups in total. The van der Waals surface area contributed by atoms with Crippen molar-refractivity contribution in [1.82, 2.24) is 4.72 Å². The van der Waals surface area contributed by atoms with Gasteiger partial charge in [-0.05, 0) is 30.7 Å². The quantitative estimate of drug-likeness (QED) is 0.521. The van der Waals surface area contributed by atoms with Gasteiger partial charge in [0.05, 0.1) is 9.92 Å². The molecular weight excluding hydrogens is 404 g/mol. The molecule has 1 heterocycles. The number of nitrogens with zero attached hydrogens (tertiary/aromatic N) is 1. The molecule has 0 atom stereocenters. The van der Waals surface area contributed by atoms with Crippen LogP contribution in [0.4, 0.5) is 0 Å². The minimum Gasteiger partial charge on any atom is -0.488 e. The number of amidine groups is 1. The SMILES string of the molecule is O=C(CCCN=C1NS(=O)(=O)c2ccccc21)OCCOc1ccccc1Cl. The first-order valence-corrected chi connectivity index (χ1v) is 10.5. The molecule has 2 aromatic rings. The summed E-state index contributed by atoms with van der Waals surface area (Å²) in [6.45, 7) is 0.625. The van der Waals surface area contributed by atoms with Crippen molar-refractivity contribution >= 4 is 33.4 Å². The fourth-order valence-electron chi connectivity index (χ4n) is 2.61. The summed E-state index contributed by atoms with van der Waals surface area (Å²) in [5.41, 5.74) is 0.543. The van der Waals surface area contributed by atoms with Crippen molar-refractivity contribution in [1.29, 1.82) is 0 Å². The summed E-state index contributed by atoms with van der Waals surface area (Å²) in [5.74, 6) is 0.475. The van der Waals surface area contributed by atoms with Gasteiger partial charge in [0.2, 0.25) is 0 Å². The summed E-state index contributed by atoms with van der Waals surface area (Å²) in [6, 6.07) is 13.7. The number of rotatable bonds is 8. The van der Waals surface area contributed by atoms with Crippen LogP contribution < -0.4 is 9.46 Å². The zero-order chi connectivity index (χ0) is 20.0. The molecule has 0 radical (unpaired) electrons. The molecule has 148 valence electrons. The predicted octanol–water partition coefficient (Wildman–Crippen LogP) is 2.78. The highest BCUT2D eigenvalue weighted by molar-refractivity contribution is 7.90. The van der Waals surface area contributed by atoms with Crippen molar-refractivity contribution in [3.8, 4) is 5.75 Å². The molecule has 0 unspecified atom stereocenters. The largest absolute Gasteiger partial charge is 0.488 e. The molecule has 0 bridgehead atoms. The highest BCUT2D eigenvalue weighted by Crippen LogP contribution is 2.23. The van der Waals surface area contributed by atoms with Crippen molar-refractivity contribution in [3.05, 3.63) is 59.1 Å². The summed E-state index contributed by atoms with van der Waals surface area (Å²) < 4.78 is 36.9. The third-order valence-corrected chi connectivity index (χ3v) is 5.62. The van der Waals surface area contributed by atoms with E-state index in [0.29, 0.717) is 35.1 Å². The first kappa shape index (κ1) is 20.2. The molecule has 2 aromatic carbocycles. The topological polar surface area (TPSA) is 94.1 Å². The van der Waals surface area contributed by atoms with Gasteiger partial charge in [0.1, 0.15) is 24.8 Å². The average Bonchev–Trinajstić information content (AvgIpc) is 2.94. The van der Waals surface area contributed by atoms with Gasteiger partial charge in [0.25, 0.3) is 10.0 Å². The minimum atomic E-state index is -3.54. The molecule has 3 rings (SSSR count). The van der Waals surface area contributed by atoms with Crippen molar-refractivity contribution in [3.63, 3.8) is 0 Å². The number of ether oxygens (including phenoxy) is 2. The standard InChI is InChI=1S/C19H19ClN2O5S/c20-15-7-2-3-8-16(15)26-12-13-27-18(23)10-5-11-21-19-14-6-1-4-9-17(14)28(24,25)22-19/h1-4,6-9H,5,10-13H2,(H,21,22). The number of esters is 1. The van der Waals surface area contributed by atoms with Gasteiger partial charge in [-0.1, -0.05) is 35.9 Å². The van der Waals surface area contributed by atoms with Crippen LogP contribution in [0.25, 0.3) is 0 Å². The third kappa shape index (κ3) is 5.02. The van der Waals surface area contributed by atoms with Crippen molar-refractivity contribution in [2.24, 2.45) is 4.99 Å². The molecule has 0 fully saturated rings. The van der Waals surface area contributed by atoms with Crippen molar-refractivity contribution in [2.45, 2.75) is 17.7 Å². The second-order valence-electron chi connectivity index (χ2n) is 5.93. The van der Waals surface area contributed by atoms with Gasteiger partial charge in [0, 0.05) is 18.5 Å². The average molecular weight is 423 g/mol. The van der Waals surface area contributed by atoms with E-state index in [-0.39, 0.29) is 30.5 Å². The summed E-state index contributed by atoms with van der Waals surface area (Å²) in [4.78, 5) is 16.2. The molecule has 0 spiro atoms. The van der Waals surface area contributed by atoms with E-state index in [4.69, 9.17) is 21.1 Å². The van der Waals surface area contributed by atoms with E-state index in [0.717, 1.165) is 0 Å². The Bertz CT molecular complexity index is 991. The lowest BCUT2D eigenvalue weighted by atomic mass is 10.2. The van der Waals surface area contributed by atoms with E-state index in [1.165, 1.54) is 6.07 Å². The van der Waals surface area contributed by atoms with Crippen LogP contribution in [-0.4, -0.2) is 40.0 Å². The van der Waals surface area contributed by atoms with Gasteiger partial charge >= 0.3 is 5.97 Å². The number of hydrogen-bond acceptors (Lipinski definition) is 6. The van der Waals surface area contributed by atoms with E-state index in [1.54, 1.807) is 42.5 Å². The molecule has 9 heteroatoms. The number of hydrogen-bond donors (Lipinski definition) is 1. The van der Waals surface area contributed by atoms with E-state index < -0.39 is 10.0 Å². The van der Waals surface area contributed by atoms with E-state index >= 15 is 0 Å². The van der Waals surface area contributed by atoms with Crippen LogP contribution in [0.2, 0.25) is 5.02 Å². The van der Waals surface area contributed by atoms with Gasteiger partial charge in [-0.25, -0.2) is 8.42 Å². The molecule has 1 aliphatic rings. The summed E-state index contributed by atoms with van der Waals surface area (Å²) in [6.07, 6.45) is 0.620. The molecule has 7 nitrogen and oxygen atoms in total. The van der Waals surface area contributed by atoms with Gasteiger partial charge in [0.15, 0.2) is 0 Å². The molecule has 0 amide bonds. The maximum absolute atomic E-state index is 12.0. The Morgan fingerprint density at radius 1 is 1.07 bits per heavy atom. The fraction of sp³-hybridized carbons (Fsp3) is 0.263. The highest BCUT2D eigenvalue weighted by atomic mass is 35.5. The van der Waals surface area contributed by atoms with Gasteiger partial charge in [-0.2, -0.15) is 0 Å². The van der Waals surface area contributed by atoms with E-state index in [1.807, 2.05) is 0 Å². The number of sulfonamides is 1. The number of carbonyl (C=O) groups is 1. The maximum atomic E-state index is 12.0. The lowest BCUT2D eigenvalue weighted by molar-refractivity contribution is -0.144. The van der Waals surface area contributed by atoms with Crippen LogP contribution in [0.15, 0.2) is 58.4 Å². The molecule has 0 saturated carbocycles. The van der Waals surface area contributed by atoms with Crippen LogP contribution in [0.3, 0.4) is 0 Å². The summed E-state index contributed by atoms with van der Waals surface area (Å²) in [7, 11) is -3.54. The Morgan fingerprint density at radius 2 is 1.82 bits per heavy atom. The molecular formula is C19H19ClN2O5S. The van der Waals surface area contributed by atoms with Crippen LogP contribution in [-0.2, 0) is 19.6 Å². The van der Waals surface area contributed by atoms with E-state index in [2.05, 4.69) is 9.71 Å². The highest BCUT2D eigenvalue weighted by Gasteiger charge is 2.29. The van der Waals surface area contributed by atoms with Crippen LogP contribution >= 0.6 is 11.6 Å². The lowest BCUT2D eigenvalue weighted by Gasteiger charge is -2.08. The smallest absolute Gasteiger partial charge is 0.305 e. The Hall–Kier alpha value is -2.58. The third-order valence-electron chi connectivity index (χ3n) is 3.91. The van der Waals surface area contributed by atoms with Crippen molar-refractivity contribution < 1.29 is 22.7 Å². The molecule has 0 aliphatic carbocycles. The monoisotopic (exact) mass is 422 g/mol. The van der Waals surface area contributed by atoms with Gasteiger partial charge in [-0.15, -0.1) is 0 Å². The number of halogens is 1. The zero-order valence-corrected chi connectivity index (χ0v) is 16.5. The number of fused-ring (bicyclic) bond motifs is 1. The Labute approximate surface area is 168 Å². The summed E-state index contributed by atoms with van der Waals surface area (Å²) >= 11 is 5.97. The number of benzene rings is 2. The zero-order valence-electron chi connectivity index (χ0n) is 14.9. The first-order valence-electron chi connectivity index (χ1n) is 8.67. The predicted molar refractivity (Wildman–Crippen MR) is 105 cm³/mol. The first-order chi connectivity index (χ1) is 13.5. The number of para-hydroxylation sites is 1. The van der Waals surface area contributed by atoms with Gasteiger partial charge in [-0.3, -0.25) is 14.5 Å². The van der Waals surface area contributed by atoms with E-state index in [9.17, 15) is 13.2 Å². The Morgan fingerprint density at radius 3 is 2.64 bits per heavy atom. The van der Waals surface area contributed by atoms with Crippen LogP contribution in [0, 0.1) is 0 Å². The maximum Gasteiger partial charge on any atom is 0.305 e. The molecule has 1 aliphatic heterocycles. The molecule has 0 aromatic heterocycles. The Kier molecular flexibility index (Phi) is 6.53. The normalized spacial score (nSPS) is 15.7. The second kappa shape index (κ2) is 9.07. The van der Waals surface area contributed by atoms with Crippen molar-refractivity contribution in [2.75, 3.05) is 19.8 Å². The minimum absolute atomic E-state index is 0.117. The van der Waals surface area contributed by atoms with Crippen LogP contribution in [0.5, 0.6) is 5.75 Å². The number of aliphatic imine (C=N–C) groups is 1. The number of carbonyl (C=O) groups excluding carboxylic acids is 1.